The molecular formula is C17H18F4OS. The minimum absolute atomic E-state index is 0.0121. The van der Waals surface area contributed by atoms with Crippen LogP contribution in [0.4, 0.5) is 17.6 Å². The van der Waals surface area contributed by atoms with Crippen molar-refractivity contribution >= 4 is 17.5 Å². The summed E-state index contributed by atoms with van der Waals surface area (Å²) in [6.07, 6.45) is 0.329. The Balaban J connectivity index is 1.70. The topological polar surface area (TPSA) is 17.1 Å². The van der Waals surface area contributed by atoms with Gasteiger partial charge in [-0.15, -0.1) is 0 Å². The maximum atomic E-state index is 13.3. The Bertz CT molecular complexity index is 587. The van der Waals surface area contributed by atoms with Crippen molar-refractivity contribution < 1.29 is 22.4 Å². The molecule has 23 heavy (non-hydrogen) atoms. The quantitative estimate of drug-likeness (QED) is 0.715. The number of ketones is 1. The van der Waals surface area contributed by atoms with Gasteiger partial charge in [-0.2, -0.15) is 24.9 Å². The highest BCUT2D eigenvalue weighted by Gasteiger charge is 2.36. The molecule has 3 rings (SSSR count). The normalized spacial score (nSPS) is 27.7. The van der Waals surface area contributed by atoms with Crippen LogP contribution in [0.15, 0.2) is 18.2 Å². The average molecular weight is 346 g/mol. The molecule has 0 aromatic heterocycles. The zero-order valence-electron chi connectivity index (χ0n) is 12.5. The lowest BCUT2D eigenvalue weighted by Crippen LogP contribution is -2.33. The Morgan fingerprint density at radius 2 is 1.83 bits per heavy atom. The summed E-state index contributed by atoms with van der Waals surface area (Å²) in [4.78, 5) is 12.5. The van der Waals surface area contributed by atoms with E-state index in [1.54, 1.807) is 0 Å². The number of rotatable bonds is 3. The van der Waals surface area contributed by atoms with Gasteiger partial charge in [-0.3, -0.25) is 4.79 Å². The Morgan fingerprint density at radius 1 is 1.17 bits per heavy atom. The van der Waals surface area contributed by atoms with Gasteiger partial charge in [0, 0.05) is 22.8 Å². The van der Waals surface area contributed by atoms with Crippen LogP contribution in [0.1, 0.15) is 43.2 Å². The second kappa shape index (κ2) is 6.46. The predicted octanol–water partition coefficient (Wildman–Crippen LogP) is 5.02. The van der Waals surface area contributed by atoms with Crippen molar-refractivity contribution in [2.24, 2.45) is 5.92 Å². The molecule has 2 heterocycles. The zero-order chi connectivity index (χ0) is 16.6. The van der Waals surface area contributed by atoms with E-state index in [2.05, 4.69) is 0 Å². The van der Waals surface area contributed by atoms with Crippen LogP contribution in [-0.4, -0.2) is 16.3 Å². The van der Waals surface area contributed by atoms with Crippen molar-refractivity contribution in [3.63, 3.8) is 0 Å². The van der Waals surface area contributed by atoms with Crippen LogP contribution in [0.5, 0.6) is 0 Å². The molecule has 0 spiro atoms. The van der Waals surface area contributed by atoms with Gasteiger partial charge < -0.3 is 0 Å². The molecule has 0 amide bonds. The van der Waals surface area contributed by atoms with E-state index in [1.807, 2.05) is 11.8 Å². The maximum Gasteiger partial charge on any atom is 0.419 e. The Labute approximate surface area is 136 Å². The summed E-state index contributed by atoms with van der Waals surface area (Å²) >= 11 is 1.96. The summed E-state index contributed by atoms with van der Waals surface area (Å²) < 4.78 is 51.6. The molecule has 1 nitrogen and oxygen atoms in total. The summed E-state index contributed by atoms with van der Waals surface area (Å²) in [5, 5.41) is 1.02. The van der Waals surface area contributed by atoms with E-state index in [4.69, 9.17) is 0 Å². The van der Waals surface area contributed by atoms with Gasteiger partial charge in [0.15, 0.2) is 0 Å². The number of Topliss-reactive ketones (excluding diaryl/α,β-unsaturated/α-hetero) is 1. The highest BCUT2D eigenvalue weighted by Crippen LogP contribution is 2.44. The van der Waals surface area contributed by atoms with E-state index in [9.17, 15) is 22.4 Å². The smallest absolute Gasteiger partial charge is 0.299 e. The molecule has 2 unspecified atom stereocenters. The van der Waals surface area contributed by atoms with Crippen molar-refractivity contribution in [1.82, 2.24) is 0 Å². The van der Waals surface area contributed by atoms with Gasteiger partial charge in [-0.1, -0.05) is 12.5 Å². The van der Waals surface area contributed by atoms with E-state index in [0.717, 1.165) is 37.8 Å². The lowest BCUT2D eigenvalue weighted by atomic mass is 9.84. The standard InChI is InChI=1S/C17H18F4OS/c18-15-5-4-10(6-14(15)17(19,20)21)7-16(22)11-8-12-2-1-3-13(9-11)23-12/h4-6,11-13H,1-3,7-9H2. The molecule has 6 heteroatoms. The number of fused-ring (bicyclic) bond motifs is 2. The number of hydrogen-bond acceptors (Lipinski definition) is 2. The van der Waals surface area contributed by atoms with E-state index >= 15 is 0 Å². The second-order valence-corrected chi connectivity index (χ2v) is 8.04. The number of benzene rings is 1. The van der Waals surface area contributed by atoms with Crippen LogP contribution in [0.2, 0.25) is 0 Å². The van der Waals surface area contributed by atoms with Crippen molar-refractivity contribution in [3.05, 3.63) is 35.1 Å². The average Bonchev–Trinajstić information content (AvgIpc) is 2.47. The summed E-state index contributed by atoms with van der Waals surface area (Å²) in [6, 6.07) is 2.85. The molecule has 2 bridgehead atoms. The van der Waals surface area contributed by atoms with Crippen molar-refractivity contribution in [3.8, 4) is 0 Å². The van der Waals surface area contributed by atoms with E-state index in [1.165, 1.54) is 12.5 Å². The molecule has 2 atom stereocenters. The first-order valence-corrected chi connectivity index (χ1v) is 8.81. The fraction of sp³-hybridized carbons (Fsp3) is 0.588. The van der Waals surface area contributed by atoms with Gasteiger partial charge >= 0.3 is 6.18 Å². The number of hydrogen-bond donors (Lipinski definition) is 0. The zero-order valence-corrected chi connectivity index (χ0v) is 13.4. The van der Waals surface area contributed by atoms with Gasteiger partial charge in [0.05, 0.1) is 5.56 Å². The molecule has 0 saturated carbocycles. The number of halogens is 4. The fourth-order valence-electron chi connectivity index (χ4n) is 3.57. The maximum absolute atomic E-state index is 13.3. The fourth-order valence-corrected chi connectivity index (χ4v) is 5.40. The van der Waals surface area contributed by atoms with Crippen molar-refractivity contribution in [1.29, 1.82) is 0 Å². The molecule has 2 aliphatic rings. The third-order valence-corrected chi connectivity index (χ3v) is 6.33. The molecule has 1 aromatic carbocycles. The van der Waals surface area contributed by atoms with E-state index in [-0.39, 0.29) is 23.7 Å². The van der Waals surface area contributed by atoms with Gasteiger partial charge in [0.1, 0.15) is 11.6 Å². The van der Waals surface area contributed by atoms with Gasteiger partial charge in [-0.25, -0.2) is 4.39 Å². The Morgan fingerprint density at radius 3 is 2.43 bits per heavy atom. The van der Waals surface area contributed by atoms with Gasteiger partial charge in [0.2, 0.25) is 0 Å². The van der Waals surface area contributed by atoms with E-state index < -0.39 is 17.6 Å². The number of carbonyl (C=O) groups is 1. The molecule has 0 aliphatic carbocycles. The van der Waals surface area contributed by atoms with Gasteiger partial charge in [-0.05, 0) is 43.4 Å². The first-order chi connectivity index (χ1) is 10.8. The van der Waals surface area contributed by atoms with Gasteiger partial charge in [0.25, 0.3) is 0 Å². The molecular weight excluding hydrogens is 328 g/mol. The predicted molar refractivity (Wildman–Crippen MR) is 81.9 cm³/mol. The highest BCUT2D eigenvalue weighted by molar-refractivity contribution is 8.00. The molecule has 2 aliphatic heterocycles. The molecule has 0 radical (unpaired) electrons. The van der Waals surface area contributed by atoms with Crippen molar-refractivity contribution in [2.75, 3.05) is 0 Å². The number of carbonyl (C=O) groups excluding carboxylic acids is 1. The minimum Gasteiger partial charge on any atom is -0.299 e. The Hall–Kier alpha value is -1.04. The summed E-state index contributed by atoms with van der Waals surface area (Å²) in [7, 11) is 0. The number of thioether (sulfide) groups is 1. The van der Waals surface area contributed by atoms with E-state index in [0.29, 0.717) is 10.5 Å². The van der Waals surface area contributed by atoms with Crippen LogP contribution in [0, 0.1) is 11.7 Å². The molecule has 0 N–H and O–H groups in total. The highest BCUT2D eigenvalue weighted by atomic mass is 32.2. The molecule has 2 fully saturated rings. The second-order valence-electron chi connectivity index (χ2n) is 6.43. The van der Waals surface area contributed by atoms with Crippen LogP contribution < -0.4 is 0 Å². The molecule has 126 valence electrons. The third kappa shape index (κ3) is 3.90. The largest absolute Gasteiger partial charge is 0.419 e. The van der Waals surface area contributed by atoms with Crippen molar-refractivity contribution in [2.45, 2.75) is 55.2 Å². The molecule has 2 saturated heterocycles. The van der Waals surface area contributed by atoms with Crippen LogP contribution in [0.25, 0.3) is 0 Å². The van der Waals surface area contributed by atoms with Crippen LogP contribution >= 0.6 is 11.8 Å². The van der Waals surface area contributed by atoms with Crippen LogP contribution in [0.3, 0.4) is 0 Å². The number of alkyl halides is 3. The first-order valence-electron chi connectivity index (χ1n) is 7.86. The summed E-state index contributed by atoms with van der Waals surface area (Å²) in [6.45, 7) is 0. The minimum atomic E-state index is -4.73. The van der Waals surface area contributed by atoms with Crippen LogP contribution in [-0.2, 0) is 17.4 Å². The summed E-state index contributed by atoms with van der Waals surface area (Å²) in [5.74, 6) is -1.37. The first kappa shape index (κ1) is 16.8. The SMILES string of the molecule is O=C(Cc1ccc(F)c(C(F)(F)F)c1)C1CC2CCCC(C1)S2. The summed E-state index contributed by atoms with van der Waals surface area (Å²) in [5.41, 5.74) is -1.05. The molecule has 1 aromatic rings. The lowest BCUT2D eigenvalue weighted by molar-refractivity contribution is -0.140. The monoisotopic (exact) mass is 346 g/mol. The third-order valence-electron chi connectivity index (χ3n) is 4.70. The lowest BCUT2D eigenvalue weighted by Gasteiger charge is -2.38. The Kier molecular flexibility index (Phi) is 4.72.